The van der Waals surface area contributed by atoms with Crippen molar-refractivity contribution < 1.29 is 13.6 Å². The number of aromatic amines is 1. The summed E-state index contributed by atoms with van der Waals surface area (Å²) in [5.41, 5.74) is -1.47. The van der Waals surface area contributed by atoms with Gasteiger partial charge in [0.25, 0.3) is 12.0 Å². The van der Waals surface area contributed by atoms with Gasteiger partial charge in [-0.15, -0.1) is 0 Å². The predicted octanol–water partition coefficient (Wildman–Crippen LogP) is 1.73. The molecule has 1 aromatic heterocycles. The van der Waals surface area contributed by atoms with Crippen LogP contribution >= 0.6 is 22.6 Å². The van der Waals surface area contributed by atoms with Crippen molar-refractivity contribution in [3.63, 3.8) is 0 Å². The molecule has 13 heavy (non-hydrogen) atoms. The lowest BCUT2D eigenvalue weighted by molar-refractivity contribution is 0.112. The topological polar surface area (TPSA) is 49.9 Å². The van der Waals surface area contributed by atoms with Gasteiger partial charge < -0.3 is 4.98 Å². The standard InChI is InChI=1S/C7H4F2INO2/c8-5(9)4-1-3(2-12)6(10)11-7(4)13/h1-2,5H,(H,11,13). The van der Waals surface area contributed by atoms with Crippen LogP contribution in [0.3, 0.4) is 0 Å². The summed E-state index contributed by atoms with van der Waals surface area (Å²) >= 11 is 1.69. The first-order valence-electron chi connectivity index (χ1n) is 3.22. The van der Waals surface area contributed by atoms with Gasteiger partial charge in [-0.1, -0.05) is 0 Å². The van der Waals surface area contributed by atoms with Crippen LogP contribution in [0.15, 0.2) is 10.9 Å². The summed E-state index contributed by atoms with van der Waals surface area (Å²) in [6.07, 6.45) is -2.44. The van der Waals surface area contributed by atoms with Crippen molar-refractivity contribution >= 4 is 28.9 Å². The van der Waals surface area contributed by atoms with E-state index in [0.717, 1.165) is 6.07 Å². The number of pyridine rings is 1. The Kier molecular flexibility index (Phi) is 3.12. The lowest BCUT2D eigenvalue weighted by Crippen LogP contribution is -2.15. The number of alkyl halides is 2. The maximum absolute atomic E-state index is 12.1. The van der Waals surface area contributed by atoms with Crippen molar-refractivity contribution in [2.75, 3.05) is 0 Å². The molecule has 0 amide bonds. The number of aromatic nitrogens is 1. The number of carbonyl (C=O) groups is 1. The second-order valence-corrected chi connectivity index (χ2v) is 3.32. The van der Waals surface area contributed by atoms with Crippen LogP contribution < -0.4 is 5.56 Å². The van der Waals surface area contributed by atoms with E-state index < -0.39 is 17.5 Å². The van der Waals surface area contributed by atoms with Crippen molar-refractivity contribution in [3.05, 3.63) is 31.2 Å². The molecular formula is C7H4F2INO2. The summed E-state index contributed by atoms with van der Waals surface area (Å²) in [7, 11) is 0. The average molecular weight is 299 g/mol. The molecule has 0 unspecified atom stereocenters. The highest BCUT2D eigenvalue weighted by Crippen LogP contribution is 2.16. The van der Waals surface area contributed by atoms with Crippen LogP contribution in [-0.2, 0) is 0 Å². The summed E-state index contributed by atoms with van der Waals surface area (Å²) in [5.74, 6) is 0. The molecule has 3 nitrogen and oxygen atoms in total. The first-order valence-corrected chi connectivity index (χ1v) is 4.30. The Morgan fingerprint density at radius 2 is 2.15 bits per heavy atom. The third kappa shape index (κ3) is 2.11. The van der Waals surface area contributed by atoms with Gasteiger partial charge in [0.1, 0.15) is 0 Å². The van der Waals surface area contributed by atoms with E-state index in [2.05, 4.69) is 4.98 Å². The quantitative estimate of drug-likeness (QED) is 0.513. The van der Waals surface area contributed by atoms with Crippen molar-refractivity contribution in [3.8, 4) is 0 Å². The molecule has 0 radical (unpaired) electrons. The van der Waals surface area contributed by atoms with Gasteiger partial charge in [-0.2, -0.15) is 0 Å². The van der Waals surface area contributed by atoms with Crippen molar-refractivity contribution in [1.29, 1.82) is 0 Å². The molecule has 70 valence electrons. The van der Waals surface area contributed by atoms with Gasteiger partial charge in [0.15, 0.2) is 6.29 Å². The SMILES string of the molecule is O=Cc1cc(C(F)F)c(=O)[nH]c1I. The Labute approximate surface area is 85.3 Å². The fourth-order valence-corrected chi connectivity index (χ4v) is 1.32. The Balaban J connectivity index is 3.39. The minimum Gasteiger partial charge on any atom is -0.316 e. The molecule has 0 saturated carbocycles. The van der Waals surface area contributed by atoms with Crippen molar-refractivity contribution in [2.45, 2.75) is 6.43 Å². The molecule has 0 aromatic carbocycles. The van der Waals surface area contributed by atoms with E-state index in [0.29, 0.717) is 6.29 Å². The summed E-state index contributed by atoms with van der Waals surface area (Å²) < 4.78 is 24.5. The highest BCUT2D eigenvalue weighted by atomic mass is 127. The third-order valence-corrected chi connectivity index (χ3v) is 2.30. The predicted molar refractivity (Wildman–Crippen MR) is 50.1 cm³/mol. The number of hydrogen-bond acceptors (Lipinski definition) is 2. The largest absolute Gasteiger partial charge is 0.316 e. The first-order chi connectivity index (χ1) is 6.06. The number of halogens is 3. The lowest BCUT2D eigenvalue weighted by Gasteiger charge is -2.00. The van der Waals surface area contributed by atoms with Gasteiger partial charge in [0, 0.05) is 5.56 Å². The molecule has 0 fully saturated rings. The van der Waals surface area contributed by atoms with Crippen LogP contribution in [0.1, 0.15) is 22.3 Å². The molecule has 1 aromatic rings. The molecule has 1 N–H and O–H groups in total. The molecule has 0 bridgehead atoms. The molecule has 1 rings (SSSR count). The van der Waals surface area contributed by atoms with E-state index in [1.165, 1.54) is 0 Å². The fraction of sp³-hybridized carbons (Fsp3) is 0.143. The molecule has 0 aliphatic carbocycles. The molecule has 1 heterocycles. The van der Waals surface area contributed by atoms with Gasteiger partial charge >= 0.3 is 0 Å². The van der Waals surface area contributed by atoms with Gasteiger partial charge in [0.05, 0.1) is 9.26 Å². The van der Waals surface area contributed by atoms with Gasteiger partial charge in [-0.05, 0) is 28.7 Å². The van der Waals surface area contributed by atoms with E-state index in [1.54, 1.807) is 22.6 Å². The van der Waals surface area contributed by atoms with Crippen LogP contribution in [-0.4, -0.2) is 11.3 Å². The molecular weight excluding hydrogens is 295 g/mol. The van der Waals surface area contributed by atoms with Crippen LogP contribution in [0.25, 0.3) is 0 Å². The summed E-state index contributed by atoms with van der Waals surface area (Å²) in [6.45, 7) is 0. The smallest absolute Gasteiger partial charge is 0.269 e. The van der Waals surface area contributed by atoms with Gasteiger partial charge in [-0.25, -0.2) is 8.78 Å². The molecule has 0 atom stereocenters. The van der Waals surface area contributed by atoms with Crippen LogP contribution in [0.5, 0.6) is 0 Å². The number of rotatable bonds is 2. The number of carbonyl (C=O) groups excluding carboxylic acids is 1. The fourth-order valence-electron chi connectivity index (χ4n) is 0.788. The molecule has 6 heteroatoms. The first kappa shape index (κ1) is 10.3. The zero-order valence-electron chi connectivity index (χ0n) is 6.18. The summed E-state index contributed by atoms with van der Waals surface area (Å²) in [5, 5.41) is 0. The molecule has 0 spiro atoms. The van der Waals surface area contributed by atoms with Gasteiger partial charge in [-0.3, -0.25) is 9.59 Å². The number of hydrogen-bond donors (Lipinski definition) is 1. The second-order valence-electron chi connectivity index (χ2n) is 2.24. The second kappa shape index (κ2) is 3.95. The van der Waals surface area contributed by atoms with Crippen molar-refractivity contribution in [1.82, 2.24) is 4.98 Å². The van der Waals surface area contributed by atoms with Crippen LogP contribution in [0.2, 0.25) is 0 Å². The maximum Gasteiger partial charge on any atom is 0.269 e. The Morgan fingerprint density at radius 1 is 1.54 bits per heavy atom. The van der Waals surface area contributed by atoms with E-state index in [9.17, 15) is 18.4 Å². The van der Waals surface area contributed by atoms with Crippen molar-refractivity contribution in [2.24, 2.45) is 0 Å². The minimum atomic E-state index is -2.86. The van der Waals surface area contributed by atoms with Gasteiger partial charge in [0.2, 0.25) is 0 Å². The number of nitrogens with one attached hydrogen (secondary N) is 1. The normalized spacial score (nSPS) is 10.5. The number of H-pyrrole nitrogens is 1. The molecule has 0 aliphatic rings. The zero-order valence-corrected chi connectivity index (χ0v) is 8.34. The third-order valence-electron chi connectivity index (χ3n) is 1.41. The van der Waals surface area contributed by atoms with E-state index in [1.807, 2.05) is 0 Å². The highest BCUT2D eigenvalue weighted by Gasteiger charge is 2.14. The molecule has 0 saturated heterocycles. The Morgan fingerprint density at radius 3 is 2.62 bits per heavy atom. The van der Waals surface area contributed by atoms with E-state index in [-0.39, 0.29) is 9.26 Å². The number of aldehydes is 1. The van der Waals surface area contributed by atoms with E-state index in [4.69, 9.17) is 0 Å². The maximum atomic E-state index is 12.1. The van der Waals surface area contributed by atoms with E-state index >= 15 is 0 Å². The monoisotopic (exact) mass is 299 g/mol. The molecule has 0 aliphatic heterocycles. The lowest BCUT2D eigenvalue weighted by atomic mass is 10.2. The zero-order chi connectivity index (χ0) is 10.0. The Hall–Kier alpha value is -0.790. The summed E-state index contributed by atoms with van der Waals surface area (Å²) in [4.78, 5) is 23.4. The van der Waals surface area contributed by atoms with Crippen LogP contribution in [0, 0.1) is 3.70 Å². The summed E-state index contributed by atoms with van der Waals surface area (Å²) in [6, 6.07) is 0.901. The highest BCUT2D eigenvalue weighted by molar-refractivity contribution is 14.1. The Bertz CT molecular complexity index is 389. The van der Waals surface area contributed by atoms with Crippen LogP contribution in [0.4, 0.5) is 8.78 Å². The minimum absolute atomic E-state index is 0.0653. The average Bonchev–Trinajstić information content (AvgIpc) is 2.03.